The van der Waals surface area contributed by atoms with E-state index in [1.54, 1.807) is 19.1 Å². The minimum absolute atomic E-state index is 0.205. The summed E-state index contributed by atoms with van der Waals surface area (Å²) in [6.07, 6.45) is 0. The summed E-state index contributed by atoms with van der Waals surface area (Å²) in [5, 5.41) is 0. The Hall–Kier alpha value is -1.25. The number of carbonyl (C=O) groups excluding carboxylic acids is 1. The van der Waals surface area contributed by atoms with E-state index in [0.717, 1.165) is 0 Å². The molecule has 0 bridgehead atoms. The van der Waals surface area contributed by atoms with E-state index in [9.17, 15) is 4.79 Å². The molecule has 0 spiro atoms. The normalized spacial score (nSPS) is 9.64. The van der Waals surface area contributed by atoms with Crippen molar-refractivity contribution >= 4 is 5.97 Å². The fraction of sp³-hybridized carbons (Fsp3) is 0.250. The molecule has 0 amide bonds. The molecule has 11 heavy (non-hydrogen) atoms. The SMILES string of the molecule is [CH2]c1ccc(C(=O)OCC)o1. The van der Waals surface area contributed by atoms with Crippen LogP contribution in [0.3, 0.4) is 0 Å². The minimum Gasteiger partial charge on any atom is -0.460 e. The monoisotopic (exact) mass is 153 g/mol. The van der Waals surface area contributed by atoms with Crippen LogP contribution in [-0.4, -0.2) is 12.6 Å². The number of esters is 1. The number of ether oxygens (including phenoxy) is 1. The van der Waals surface area contributed by atoms with E-state index in [4.69, 9.17) is 4.42 Å². The highest BCUT2D eigenvalue weighted by Crippen LogP contribution is 2.07. The van der Waals surface area contributed by atoms with E-state index in [2.05, 4.69) is 11.7 Å². The molecule has 0 saturated heterocycles. The van der Waals surface area contributed by atoms with Gasteiger partial charge in [-0.1, -0.05) is 0 Å². The van der Waals surface area contributed by atoms with Gasteiger partial charge in [0.2, 0.25) is 5.76 Å². The second-order valence-corrected chi connectivity index (χ2v) is 1.99. The molecule has 0 aliphatic carbocycles. The standard InChI is InChI=1S/C8H9O3/c1-3-10-8(9)7-5-4-6(2)11-7/h4-5H,2-3H2,1H3. The third-order valence-electron chi connectivity index (χ3n) is 1.14. The Kier molecular flexibility index (Phi) is 2.31. The first-order chi connectivity index (χ1) is 5.24. The Balaban J connectivity index is 2.69. The Bertz CT molecular complexity index is 250. The van der Waals surface area contributed by atoms with Crippen LogP contribution in [0.25, 0.3) is 0 Å². The average molecular weight is 153 g/mol. The largest absolute Gasteiger partial charge is 0.460 e. The third kappa shape index (κ3) is 1.83. The minimum atomic E-state index is -0.442. The van der Waals surface area contributed by atoms with Crippen molar-refractivity contribution in [3.63, 3.8) is 0 Å². The van der Waals surface area contributed by atoms with Crippen molar-refractivity contribution in [1.29, 1.82) is 0 Å². The topological polar surface area (TPSA) is 39.4 Å². The van der Waals surface area contributed by atoms with Crippen molar-refractivity contribution in [2.45, 2.75) is 6.92 Å². The lowest BCUT2D eigenvalue weighted by atomic mass is 10.4. The van der Waals surface area contributed by atoms with E-state index in [1.807, 2.05) is 0 Å². The summed E-state index contributed by atoms with van der Waals surface area (Å²) in [7, 11) is 0. The molecule has 0 aliphatic heterocycles. The Morgan fingerprint density at radius 3 is 2.91 bits per heavy atom. The Morgan fingerprint density at radius 2 is 2.45 bits per heavy atom. The van der Waals surface area contributed by atoms with Gasteiger partial charge in [0.05, 0.1) is 6.61 Å². The van der Waals surface area contributed by atoms with Crippen molar-refractivity contribution in [3.8, 4) is 0 Å². The van der Waals surface area contributed by atoms with Crippen LogP contribution in [-0.2, 0) is 4.74 Å². The predicted octanol–water partition coefficient (Wildman–Crippen LogP) is 1.64. The summed E-state index contributed by atoms with van der Waals surface area (Å²) in [4.78, 5) is 10.9. The first-order valence-corrected chi connectivity index (χ1v) is 3.33. The predicted molar refractivity (Wildman–Crippen MR) is 39.1 cm³/mol. The van der Waals surface area contributed by atoms with Crippen LogP contribution in [0.15, 0.2) is 16.5 Å². The zero-order chi connectivity index (χ0) is 8.27. The average Bonchev–Trinajstić information content (AvgIpc) is 2.36. The van der Waals surface area contributed by atoms with Gasteiger partial charge in [0, 0.05) is 6.92 Å². The third-order valence-corrected chi connectivity index (χ3v) is 1.14. The second-order valence-electron chi connectivity index (χ2n) is 1.99. The van der Waals surface area contributed by atoms with Crippen LogP contribution in [0.1, 0.15) is 23.2 Å². The maximum absolute atomic E-state index is 10.9. The smallest absolute Gasteiger partial charge is 0.374 e. The van der Waals surface area contributed by atoms with Crippen LogP contribution in [0.2, 0.25) is 0 Å². The molecule has 1 aromatic rings. The molecular formula is C8H9O3. The molecule has 3 heteroatoms. The first kappa shape index (κ1) is 7.85. The lowest BCUT2D eigenvalue weighted by molar-refractivity contribution is 0.0489. The van der Waals surface area contributed by atoms with Crippen molar-refractivity contribution < 1.29 is 13.9 Å². The summed E-state index contributed by atoms with van der Waals surface area (Å²) >= 11 is 0. The number of rotatable bonds is 2. The summed E-state index contributed by atoms with van der Waals surface area (Å²) in [6.45, 7) is 5.60. The van der Waals surface area contributed by atoms with Gasteiger partial charge in [-0.3, -0.25) is 0 Å². The molecule has 0 unspecified atom stereocenters. The van der Waals surface area contributed by atoms with Crippen LogP contribution in [0.4, 0.5) is 0 Å². The Morgan fingerprint density at radius 1 is 1.73 bits per heavy atom. The molecule has 59 valence electrons. The highest BCUT2D eigenvalue weighted by Gasteiger charge is 2.09. The fourth-order valence-corrected chi connectivity index (χ4v) is 0.690. The van der Waals surface area contributed by atoms with Crippen molar-refractivity contribution in [3.05, 3.63) is 30.6 Å². The lowest BCUT2D eigenvalue weighted by Crippen LogP contribution is -2.02. The van der Waals surface area contributed by atoms with Gasteiger partial charge < -0.3 is 9.15 Å². The molecule has 3 nitrogen and oxygen atoms in total. The summed E-state index contributed by atoms with van der Waals surface area (Å²) in [6, 6.07) is 3.16. The molecular weight excluding hydrogens is 144 g/mol. The van der Waals surface area contributed by atoms with E-state index < -0.39 is 5.97 Å². The van der Waals surface area contributed by atoms with E-state index in [1.165, 1.54) is 0 Å². The summed E-state index contributed by atoms with van der Waals surface area (Å²) < 4.78 is 9.59. The van der Waals surface area contributed by atoms with Crippen LogP contribution >= 0.6 is 0 Å². The van der Waals surface area contributed by atoms with E-state index >= 15 is 0 Å². The molecule has 1 aromatic heterocycles. The molecule has 0 fully saturated rings. The molecule has 1 rings (SSSR count). The molecule has 0 saturated carbocycles. The highest BCUT2D eigenvalue weighted by atomic mass is 16.5. The maximum atomic E-state index is 10.9. The van der Waals surface area contributed by atoms with E-state index in [0.29, 0.717) is 12.4 Å². The maximum Gasteiger partial charge on any atom is 0.374 e. The zero-order valence-corrected chi connectivity index (χ0v) is 6.29. The van der Waals surface area contributed by atoms with Gasteiger partial charge in [-0.2, -0.15) is 0 Å². The van der Waals surface area contributed by atoms with Gasteiger partial charge >= 0.3 is 5.97 Å². The fourth-order valence-electron chi connectivity index (χ4n) is 0.690. The van der Waals surface area contributed by atoms with Gasteiger partial charge in [-0.05, 0) is 19.1 Å². The van der Waals surface area contributed by atoms with Gasteiger partial charge in [-0.25, -0.2) is 4.79 Å². The Labute approximate surface area is 65.0 Å². The van der Waals surface area contributed by atoms with Crippen molar-refractivity contribution in [2.75, 3.05) is 6.61 Å². The van der Waals surface area contributed by atoms with E-state index in [-0.39, 0.29) is 5.76 Å². The quantitative estimate of drug-likeness (QED) is 0.606. The zero-order valence-electron chi connectivity index (χ0n) is 6.29. The number of furan rings is 1. The highest BCUT2D eigenvalue weighted by molar-refractivity contribution is 5.86. The molecule has 0 aliphatic rings. The summed E-state index contributed by atoms with van der Waals surface area (Å²) in [5.74, 6) is 0.229. The molecule has 1 heterocycles. The molecule has 0 atom stereocenters. The van der Waals surface area contributed by atoms with Crippen molar-refractivity contribution in [1.82, 2.24) is 0 Å². The van der Waals surface area contributed by atoms with Crippen LogP contribution in [0, 0.1) is 6.92 Å². The molecule has 0 aromatic carbocycles. The summed E-state index contributed by atoms with van der Waals surface area (Å²) in [5.41, 5.74) is 0. The number of hydrogen-bond acceptors (Lipinski definition) is 3. The molecule has 1 radical (unpaired) electrons. The van der Waals surface area contributed by atoms with Gasteiger partial charge in [0.1, 0.15) is 5.76 Å². The first-order valence-electron chi connectivity index (χ1n) is 3.33. The second kappa shape index (κ2) is 3.23. The number of hydrogen-bond donors (Lipinski definition) is 0. The number of carbonyl (C=O) groups is 1. The van der Waals surface area contributed by atoms with Crippen molar-refractivity contribution in [2.24, 2.45) is 0 Å². The van der Waals surface area contributed by atoms with Gasteiger partial charge in [0.25, 0.3) is 0 Å². The molecule has 0 N–H and O–H groups in total. The van der Waals surface area contributed by atoms with Gasteiger partial charge in [0.15, 0.2) is 0 Å². The van der Waals surface area contributed by atoms with Crippen LogP contribution < -0.4 is 0 Å². The van der Waals surface area contributed by atoms with Gasteiger partial charge in [-0.15, -0.1) is 0 Å². The lowest BCUT2D eigenvalue weighted by Gasteiger charge is -1.95. The van der Waals surface area contributed by atoms with Crippen LogP contribution in [0.5, 0.6) is 0 Å².